The molecule has 5 nitrogen and oxygen atoms in total. The lowest BCUT2D eigenvalue weighted by atomic mass is 10.2. The van der Waals surface area contributed by atoms with Crippen LogP contribution >= 0.6 is 0 Å². The van der Waals surface area contributed by atoms with Crippen molar-refractivity contribution in [2.24, 2.45) is 0 Å². The van der Waals surface area contributed by atoms with E-state index in [0.29, 0.717) is 6.54 Å². The molecule has 0 amide bonds. The summed E-state index contributed by atoms with van der Waals surface area (Å²) in [5.41, 5.74) is 0.725. The van der Waals surface area contributed by atoms with Crippen LogP contribution in [-0.4, -0.2) is 18.0 Å². The first-order chi connectivity index (χ1) is 10.2. The van der Waals surface area contributed by atoms with E-state index in [1.165, 1.54) is 12.1 Å². The minimum absolute atomic E-state index is 0.208. The zero-order valence-electron chi connectivity index (χ0n) is 11.4. The van der Waals surface area contributed by atoms with Gasteiger partial charge in [-0.2, -0.15) is 4.39 Å². The Balaban J connectivity index is 1.81. The Morgan fingerprint density at radius 2 is 1.71 bits per heavy atom. The highest BCUT2D eigenvalue weighted by molar-refractivity contribution is 5.61. The smallest absolute Gasteiger partial charge is 0.327 e. The number of anilines is 2. The van der Waals surface area contributed by atoms with E-state index < -0.39 is 16.4 Å². The van der Waals surface area contributed by atoms with E-state index in [-0.39, 0.29) is 5.69 Å². The van der Waals surface area contributed by atoms with Crippen molar-refractivity contribution >= 4 is 17.1 Å². The molecule has 21 heavy (non-hydrogen) atoms. The quantitative estimate of drug-likeness (QED) is 0.464. The molecule has 0 aliphatic heterocycles. The van der Waals surface area contributed by atoms with Gasteiger partial charge >= 0.3 is 5.69 Å². The number of nitro groups is 1. The number of para-hydroxylation sites is 2. The van der Waals surface area contributed by atoms with E-state index in [2.05, 4.69) is 10.6 Å². The maximum absolute atomic E-state index is 13.4. The summed E-state index contributed by atoms with van der Waals surface area (Å²) in [6.07, 6.45) is 0.753. The normalized spacial score (nSPS) is 10.1. The lowest BCUT2D eigenvalue weighted by Gasteiger charge is -2.09. The SMILES string of the molecule is O=[N+]([O-])c1c(F)cccc1NCCCNc1ccccc1. The van der Waals surface area contributed by atoms with E-state index in [9.17, 15) is 14.5 Å². The van der Waals surface area contributed by atoms with Crippen LogP contribution in [0.15, 0.2) is 48.5 Å². The van der Waals surface area contributed by atoms with Crippen molar-refractivity contribution in [3.63, 3.8) is 0 Å². The van der Waals surface area contributed by atoms with Crippen LogP contribution in [0.25, 0.3) is 0 Å². The number of benzene rings is 2. The van der Waals surface area contributed by atoms with Gasteiger partial charge in [0.25, 0.3) is 0 Å². The Bertz CT molecular complexity index is 605. The van der Waals surface area contributed by atoms with Crippen molar-refractivity contribution in [2.75, 3.05) is 23.7 Å². The summed E-state index contributed by atoms with van der Waals surface area (Å²) >= 11 is 0. The largest absolute Gasteiger partial charge is 0.385 e. The third kappa shape index (κ3) is 4.17. The predicted octanol–water partition coefficient (Wildman–Crippen LogP) is 3.65. The monoisotopic (exact) mass is 289 g/mol. The van der Waals surface area contributed by atoms with Crippen molar-refractivity contribution in [3.05, 3.63) is 64.5 Å². The van der Waals surface area contributed by atoms with Gasteiger partial charge in [-0.1, -0.05) is 24.3 Å². The van der Waals surface area contributed by atoms with E-state index >= 15 is 0 Å². The lowest BCUT2D eigenvalue weighted by Crippen LogP contribution is -2.10. The van der Waals surface area contributed by atoms with Gasteiger partial charge in [-0.25, -0.2) is 0 Å². The Labute approximate surface area is 122 Å². The molecule has 0 unspecified atom stereocenters. The summed E-state index contributed by atoms with van der Waals surface area (Å²) in [6.45, 7) is 1.24. The number of rotatable bonds is 7. The molecule has 2 N–H and O–H groups in total. The van der Waals surface area contributed by atoms with Crippen LogP contribution in [0, 0.1) is 15.9 Å². The fourth-order valence-corrected chi connectivity index (χ4v) is 1.94. The van der Waals surface area contributed by atoms with Crippen LogP contribution in [-0.2, 0) is 0 Å². The zero-order valence-corrected chi connectivity index (χ0v) is 11.4. The Morgan fingerprint density at radius 3 is 2.43 bits per heavy atom. The van der Waals surface area contributed by atoms with Gasteiger partial charge < -0.3 is 10.6 Å². The topological polar surface area (TPSA) is 67.2 Å². The third-order valence-corrected chi connectivity index (χ3v) is 2.94. The van der Waals surface area contributed by atoms with Gasteiger partial charge in [0, 0.05) is 18.8 Å². The maximum Gasteiger partial charge on any atom is 0.327 e. The lowest BCUT2D eigenvalue weighted by molar-refractivity contribution is -0.386. The molecule has 2 aromatic carbocycles. The number of nitrogens with zero attached hydrogens (tertiary/aromatic N) is 1. The average Bonchev–Trinajstić information content (AvgIpc) is 2.47. The highest BCUT2D eigenvalue weighted by Crippen LogP contribution is 2.26. The van der Waals surface area contributed by atoms with Gasteiger partial charge in [-0.3, -0.25) is 10.1 Å². The molecular formula is C15H16FN3O2. The maximum atomic E-state index is 13.4. The molecule has 0 heterocycles. The number of hydrogen-bond acceptors (Lipinski definition) is 4. The molecule has 0 aliphatic rings. The average molecular weight is 289 g/mol. The number of halogens is 1. The summed E-state index contributed by atoms with van der Waals surface area (Å²) < 4.78 is 13.4. The van der Waals surface area contributed by atoms with Crippen LogP contribution in [0.4, 0.5) is 21.5 Å². The van der Waals surface area contributed by atoms with Gasteiger partial charge in [0.1, 0.15) is 5.69 Å². The second-order valence-electron chi connectivity index (χ2n) is 4.47. The molecule has 0 radical (unpaired) electrons. The summed E-state index contributed by atoms with van der Waals surface area (Å²) in [4.78, 5) is 10.1. The van der Waals surface area contributed by atoms with E-state index in [1.807, 2.05) is 30.3 Å². The minimum atomic E-state index is -0.826. The summed E-state index contributed by atoms with van der Waals surface area (Å²) in [6, 6.07) is 13.8. The van der Waals surface area contributed by atoms with Crippen LogP contribution in [0.2, 0.25) is 0 Å². The Morgan fingerprint density at radius 1 is 1.00 bits per heavy atom. The summed E-state index contributed by atoms with van der Waals surface area (Å²) in [5, 5.41) is 17.0. The number of hydrogen-bond donors (Lipinski definition) is 2. The highest BCUT2D eigenvalue weighted by atomic mass is 19.1. The van der Waals surface area contributed by atoms with E-state index in [1.54, 1.807) is 0 Å². The van der Waals surface area contributed by atoms with E-state index in [4.69, 9.17) is 0 Å². The molecule has 0 fully saturated rings. The molecule has 2 rings (SSSR count). The van der Waals surface area contributed by atoms with E-state index in [0.717, 1.165) is 24.7 Å². The first kappa shape index (κ1) is 14.8. The second kappa shape index (κ2) is 7.23. The summed E-state index contributed by atoms with van der Waals surface area (Å²) in [7, 11) is 0. The second-order valence-corrected chi connectivity index (χ2v) is 4.47. The Hall–Kier alpha value is -2.63. The van der Waals surface area contributed by atoms with Gasteiger partial charge in [0.05, 0.1) is 4.92 Å². The van der Waals surface area contributed by atoms with Crippen LogP contribution in [0.5, 0.6) is 0 Å². The first-order valence-electron chi connectivity index (χ1n) is 6.64. The zero-order chi connectivity index (χ0) is 15.1. The minimum Gasteiger partial charge on any atom is -0.385 e. The highest BCUT2D eigenvalue weighted by Gasteiger charge is 2.18. The molecule has 0 saturated carbocycles. The fraction of sp³-hybridized carbons (Fsp3) is 0.200. The molecule has 0 aliphatic carbocycles. The number of nitrogens with one attached hydrogen (secondary N) is 2. The molecule has 0 aromatic heterocycles. The van der Waals surface area contributed by atoms with Crippen molar-refractivity contribution in [3.8, 4) is 0 Å². The summed E-state index contributed by atoms with van der Waals surface area (Å²) in [5.74, 6) is -0.826. The van der Waals surface area contributed by atoms with Crippen molar-refractivity contribution < 1.29 is 9.31 Å². The van der Waals surface area contributed by atoms with Crippen LogP contribution in [0.3, 0.4) is 0 Å². The van der Waals surface area contributed by atoms with Gasteiger partial charge in [0.15, 0.2) is 0 Å². The molecule has 0 saturated heterocycles. The van der Waals surface area contributed by atoms with Crippen molar-refractivity contribution in [2.45, 2.75) is 6.42 Å². The van der Waals surface area contributed by atoms with Crippen molar-refractivity contribution in [1.29, 1.82) is 0 Å². The van der Waals surface area contributed by atoms with Gasteiger partial charge in [0.2, 0.25) is 5.82 Å². The van der Waals surface area contributed by atoms with Crippen LogP contribution < -0.4 is 10.6 Å². The predicted molar refractivity (Wildman–Crippen MR) is 81.1 cm³/mol. The standard InChI is InChI=1S/C15H16FN3O2/c16-13-8-4-9-14(15(13)19(20)21)18-11-5-10-17-12-6-2-1-3-7-12/h1-4,6-9,17-18H,5,10-11H2. The molecule has 6 heteroatoms. The fourth-order valence-electron chi connectivity index (χ4n) is 1.94. The first-order valence-corrected chi connectivity index (χ1v) is 6.64. The third-order valence-electron chi connectivity index (χ3n) is 2.94. The van der Waals surface area contributed by atoms with Crippen LogP contribution in [0.1, 0.15) is 6.42 Å². The molecule has 0 bridgehead atoms. The van der Waals surface area contributed by atoms with Gasteiger partial charge in [-0.05, 0) is 30.7 Å². The number of nitro benzene ring substituents is 1. The molecule has 110 valence electrons. The van der Waals surface area contributed by atoms with Crippen molar-refractivity contribution in [1.82, 2.24) is 0 Å². The Kier molecular flexibility index (Phi) is 5.09. The molecule has 0 atom stereocenters. The molecule has 0 spiro atoms. The molecular weight excluding hydrogens is 273 g/mol. The molecule has 2 aromatic rings. The van der Waals surface area contributed by atoms with Gasteiger partial charge in [-0.15, -0.1) is 0 Å².